The van der Waals surface area contributed by atoms with Gasteiger partial charge in [0.25, 0.3) is 5.91 Å². The second-order valence-corrected chi connectivity index (χ2v) is 5.47. The van der Waals surface area contributed by atoms with Crippen molar-refractivity contribution < 1.29 is 9.59 Å². The molecule has 1 aliphatic heterocycles. The molecule has 0 saturated carbocycles. The molecule has 1 saturated heterocycles. The molecule has 1 heterocycles. The maximum atomic E-state index is 12.4. The van der Waals surface area contributed by atoms with Crippen LogP contribution in [0.1, 0.15) is 32.3 Å². The average molecular weight is 299 g/mol. The molecule has 0 N–H and O–H groups in total. The highest BCUT2D eigenvalue weighted by Crippen LogP contribution is 2.23. The van der Waals surface area contributed by atoms with Crippen LogP contribution in [0.25, 0.3) is 0 Å². The average Bonchev–Trinajstić information content (AvgIpc) is 2.54. The number of aryl methyl sites for hydroxylation is 1. The highest BCUT2D eigenvalue weighted by atomic mass is 16.2. The molecule has 0 radical (unpaired) electrons. The SMILES string of the molecule is CCc1ccc(N2CC(=O)N(CCCC#N)C(=O)C2C)cc1. The van der Waals surface area contributed by atoms with Crippen LogP contribution in [0, 0.1) is 11.3 Å². The fraction of sp³-hybridized carbons (Fsp3) is 0.471. The zero-order valence-corrected chi connectivity index (χ0v) is 13.1. The molecule has 116 valence electrons. The first kappa shape index (κ1) is 16.0. The van der Waals surface area contributed by atoms with E-state index in [1.807, 2.05) is 42.2 Å². The van der Waals surface area contributed by atoms with Gasteiger partial charge in [-0.3, -0.25) is 14.5 Å². The number of anilines is 1. The summed E-state index contributed by atoms with van der Waals surface area (Å²) in [5.41, 5.74) is 2.12. The lowest BCUT2D eigenvalue weighted by molar-refractivity contribution is -0.147. The van der Waals surface area contributed by atoms with Crippen molar-refractivity contribution in [1.29, 1.82) is 5.26 Å². The normalized spacial score (nSPS) is 18.5. The molecule has 1 aliphatic rings. The van der Waals surface area contributed by atoms with Gasteiger partial charge in [0.2, 0.25) is 5.91 Å². The Kier molecular flexibility index (Phi) is 5.16. The number of nitrogens with zero attached hydrogens (tertiary/aromatic N) is 3. The van der Waals surface area contributed by atoms with Gasteiger partial charge in [-0.2, -0.15) is 5.26 Å². The van der Waals surface area contributed by atoms with Crippen molar-refractivity contribution in [1.82, 2.24) is 4.90 Å². The first-order valence-electron chi connectivity index (χ1n) is 7.65. The lowest BCUT2D eigenvalue weighted by atomic mass is 10.1. The first-order valence-corrected chi connectivity index (χ1v) is 7.65. The van der Waals surface area contributed by atoms with Crippen molar-refractivity contribution in [3.8, 4) is 6.07 Å². The predicted molar refractivity (Wildman–Crippen MR) is 84.2 cm³/mol. The van der Waals surface area contributed by atoms with Crippen LogP contribution in [-0.2, 0) is 16.0 Å². The highest BCUT2D eigenvalue weighted by Gasteiger charge is 2.36. The van der Waals surface area contributed by atoms with Crippen molar-refractivity contribution >= 4 is 17.5 Å². The number of hydrogen-bond acceptors (Lipinski definition) is 4. The van der Waals surface area contributed by atoms with Gasteiger partial charge in [0.05, 0.1) is 12.6 Å². The van der Waals surface area contributed by atoms with Crippen LogP contribution in [0.3, 0.4) is 0 Å². The standard InChI is InChI=1S/C17H21N3O2/c1-3-14-6-8-15(9-7-14)20-12-16(21)19(11-5-4-10-18)17(22)13(20)2/h6-9,13H,3-5,11-12H2,1-2H3. The number of unbranched alkanes of at least 4 members (excludes halogenated alkanes) is 1. The number of carbonyl (C=O) groups excluding carboxylic acids is 2. The summed E-state index contributed by atoms with van der Waals surface area (Å²) in [6, 6.07) is 9.63. The molecule has 5 heteroatoms. The van der Waals surface area contributed by atoms with E-state index in [0.29, 0.717) is 19.4 Å². The molecule has 5 nitrogen and oxygen atoms in total. The van der Waals surface area contributed by atoms with E-state index in [4.69, 9.17) is 5.26 Å². The van der Waals surface area contributed by atoms with Gasteiger partial charge in [0, 0.05) is 18.7 Å². The smallest absolute Gasteiger partial charge is 0.251 e. The molecule has 0 spiro atoms. The minimum Gasteiger partial charge on any atom is -0.350 e. The zero-order valence-electron chi connectivity index (χ0n) is 13.1. The summed E-state index contributed by atoms with van der Waals surface area (Å²) in [5, 5.41) is 8.57. The van der Waals surface area contributed by atoms with E-state index in [1.54, 1.807) is 0 Å². The van der Waals surface area contributed by atoms with E-state index in [0.717, 1.165) is 12.1 Å². The Labute approximate surface area is 131 Å². The molecule has 22 heavy (non-hydrogen) atoms. The number of amides is 2. The van der Waals surface area contributed by atoms with E-state index < -0.39 is 0 Å². The maximum Gasteiger partial charge on any atom is 0.251 e. The molecule has 1 aromatic carbocycles. The van der Waals surface area contributed by atoms with Crippen molar-refractivity contribution in [2.45, 2.75) is 39.2 Å². The summed E-state index contributed by atoms with van der Waals surface area (Å²) in [6.07, 6.45) is 1.85. The lowest BCUT2D eigenvalue weighted by Gasteiger charge is -2.39. The van der Waals surface area contributed by atoms with Crippen LogP contribution in [0.5, 0.6) is 0 Å². The van der Waals surface area contributed by atoms with Crippen LogP contribution in [0.15, 0.2) is 24.3 Å². The van der Waals surface area contributed by atoms with Gasteiger partial charge < -0.3 is 4.90 Å². The van der Waals surface area contributed by atoms with E-state index in [-0.39, 0.29) is 24.4 Å². The second-order valence-electron chi connectivity index (χ2n) is 5.47. The Bertz CT molecular complexity index is 589. The summed E-state index contributed by atoms with van der Waals surface area (Å²) in [7, 11) is 0. The summed E-state index contributed by atoms with van der Waals surface area (Å²) in [4.78, 5) is 27.8. The van der Waals surface area contributed by atoms with Crippen molar-refractivity contribution in [3.63, 3.8) is 0 Å². The van der Waals surface area contributed by atoms with Gasteiger partial charge in [-0.15, -0.1) is 0 Å². The second kappa shape index (κ2) is 7.08. The van der Waals surface area contributed by atoms with Crippen LogP contribution in [0.4, 0.5) is 5.69 Å². The zero-order chi connectivity index (χ0) is 16.1. The Balaban J connectivity index is 2.12. The number of nitriles is 1. The number of piperazine rings is 1. The van der Waals surface area contributed by atoms with E-state index in [1.165, 1.54) is 10.5 Å². The van der Waals surface area contributed by atoms with Gasteiger partial charge in [-0.25, -0.2) is 0 Å². The minimum atomic E-state index is -0.368. The molecule has 2 amide bonds. The van der Waals surface area contributed by atoms with E-state index in [9.17, 15) is 9.59 Å². The number of benzene rings is 1. The first-order chi connectivity index (χ1) is 10.6. The molecule has 1 atom stereocenters. The summed E-state index contributed by atoms with van der Waals surface area (Å²) >= 11 is 0. The molecule has 0 aromatic heterocycles. The Morgan fingerprint density at radius 2 is 1.95 bits per heavy atom. The van der Waals surface area contributed by atoms with Gasteiger partial charge >= 0.3 is 0 Å². The number of carbonyl (C=O) groups is 2. The summed E-state index contributed by atoms with van der Waals surface area (Å²) in [6.45, 7) is 4.44. The third-order valence-corrected chi connectivity index (χ3v) is 4.04. The molecule has 1 aromatic rings. The van der Waals surface area contributed by atoms with Crippen LogP contribution in [0.2, 0.25) is 0 Å². The van der Waals surface area contributed by atoms with Crippen LogP contribution < -0.4 is 4.90 Å². The summed E-state index contributed by atoms with van der Waals surface area (Å²) < 4.78 is 0. The predicted octanol–water partition coefficient (Wildman–Crippen LogP) is 2.12. The Morgan fingerprint density at radius 1 is 1.27 bits per heavy atom. The van der Waals surface area contributed by atoms with Gasteiger partial charge in [-0.05, 0) is 37.5 Å². The molecule has 1 unspecified atom stereocenters. The molecule has 2 rings (SSSR count). The third kappa shape index (κ3) is 3.28. The Hall–Kier alpha value is -2.35. The topological polar surface area (TPSA) is 64.4 Å². The van der Waals surface area contributed by atoms with Crippen molar-refractivity contribution in [2.24, 2.45) is 0 Å². The van der Waals surface area contributed by atoms with E-state index >= 15 is 0 Å². The molecule has 1 fully saturated rings. The molecule has 0 bridgehead atoms. The maximum absolute atomic E-state index is 12.4. The van der Waals surface area contributed by atoms with Crippen molar-refractivity contribution in [3.05, 3.63) is 29.8 Å². The molecular formula is C17H21N3O2. The van der Waals surface area contributed by atoms with E-state index in [2.05, 4.69) is 6.92 Å². The fourth-order valence-electron chi connectivity index (χ4n) is 2.64. The lowest BCUT2D eigenvalue weighted by Crippen LogP contribution is -2.59. The number of rotatable bonds is 5. The van der Waals surface area contributed by atoms with Crippen LogP contribution >= 0.6 is 0 Å². The largest absolute Gasteiger partial charge is 0.350 e. The minimum absolute atomic E-state index is 0.186. The Morgan fingerprint density at radius 3 is 2.55 bits per heavy atom. The summed E-state index contributed by atoms with van der Waals surface area (Å²) in [5.74, 6) is -0.380. The number of imide groups is 1. The molecule has 0 aliphatic carbocycles. The number of hydrogen-bond donors (Lipinski definition) is 0. The molecular weight excluding hydrogens is 278 g/mol. The van der Waals surface area contributed by atoms with Gasteiger partial charge in [0.1, 0.15) is 6.04 Å². The van der Waals surface area contributed by atoms with Gasteiger partial charge in [0.15, 0.2) is 0 Å². The highest BCUT2D eigenvalue weighted by molar-refractivity contribution is 6.04. The fourth-order valence-corrected chi connectivity index (χ4v) is 2.64. The monoisotopic (exact) mass is 299 g/mol. The van der Waals surface area contributed by atoms with Crippen LogP contribution in [-0.4, -0.2) is 35.8 Å². The van der Waals surface area contributed by atoms with Crippen molar-refractivity contribution in [2.75, 3.05) is 18.0 Å². The van der Waals surface area contributed by atoms with Gasteiger partial charge in [-0.1, -0.05) is 19.1 Å². The third-order valence-electron chi connectivity index (χ3n) is 4.04. The quantitative estimate of drug-likeness (QED) is 0.617.